The molecule has 4 nitrogen and oxygen atoms in total. The van der Waals surface area contributed by atoms with E-state index >= 15 is 0 Å². The van der Waals surface area contributed by atoms with Gasteiger partial charge in [0.05, 0.1) is 0 Å². The van der Waals surface area contributed by atoms with Gasteiger partial charge in [0.15, 0.2) is 0 Å². The molecule has 2 rings (SSSR count). The quantitative estimate of drug-likeness (QED) is 0.786. The SMILES string of the molecule is O=C1SCCN1C1(C(=O)O)CCCCC1. The van der Waals surface area contributed by atoms with E-state index in [1.807, 2.05) is 0 Å². The Bertz CT molecular complexity index is 286. The van der Waals surface area contributed by atoms with Crippen molar-refractivity contribution >= 4 is 23.0 Å². The molecule has 1 saturated heterocycles. The van der Waals surface area contributed by atoms with Crippen molar-refractivity contribution in [1.29, 1.82) is 0 Å². The van der Waals surface area contributed by atoms with E-state index < -0.39 is 11.5 Å². The zero-order chi connectivity index (χ0) is 10.9. The average molecular weight is 229 g/mol. The van der Waals surface area contributed by atoms with Gasteiger partial charge < -0.3 is 10.0 Å². The van der Waals surface area contributed by atoms with Gasteiger partial charge in [-0.2, -0.15) is 0 Å². The van der Waals surface area contributed by atoms with Crippen LogP contribution in [0.5, 0.6) is 0 Å². The summed E-state index contributed by atoms with van der Waals surface area (Å²) >= 11 is 1.24. The van der Waals surface area contributed by atoms with Gasteiger partial charge in [-0.25, -0.2) is 4.79 Å². The summed E-state index contributed by atoms with van der Waals surface area (Å²) in [5.41, 5.74) is -0.890. The fraction of sp³-hybridized carbons (Fsp3) is 0.800. The van der Waals surface area contributed by atoms with Crippen LogP contribution in [0.3, 0.4) is 0 Å². The molecule has 0 radical (unpaired) electrons. The summed E-state index contributed by atoms with van der Waals surface area (Å²) in [6.45, 7) is 0.593. The van der Waals surface area contributed by atoms with E-state index in [1.165, 1.54) is 11.8 Å². The molecule has 15 heavy (non-hydrogen) atoms. The van der Waals surface area contributed by atoms with E-state index in [9.17, 15) is 14.7 Å². The number of carboxylic acids is 1. The second-order valence-electron chi connectivity index (χ2n) is 4.16. The first-order valence-electron chi connectivity index (χ1n) is 5.35. The maximum atomic E-state index is 11.6. The van der Waals surface area contributed by atoms with Crippen molar-refractivity contribution in [3.63, 3.8) is 0 Å². The van der Waals surface area contributed by atoms with Crippen molar-refractivity contribution in [3.8, 4) is 0 Å². The molecule has 0 atom stereocenters. The summed E-state index contributed by atoms with van der Waals surface area (Å²) in [6.07, 6.45) is 4.16. The number of hydrogen-bond donors (Lipinski definition) is 1. The molecule has 84 valence electrons. The number of carbonyl (C=O) groups is 2. The molecule has 1 aliphatic carbocycles. The molecule has 0 unspecified atom stereocenters. The van der Waals surface area contributed by atoms with Crippen LogP contribution in [0, 0.1) is 0 Å². The van der Waals surface area contributed by atoms with Gasteiger partial charge in [-0.15, -0.1) is 0 Å². The highest BCUT2D eigenvalue weighted by Crippen LogP contribution is 2.38. The number of amides is 1. The number of thioether (sulfide) groups is 1. The summed E-state index contributed by atoms with van der Waals surface area (Å²) in [7, 11) is 0. The number of carbonyl (C=O) groups excluding carboxylic acids is 1. The summed E-state index contributed by atoms with van der Waals surface area (Å²) in [5, 5.41) is 9.31. The molecule has 1 heterocycles. The monoisotopic (exact) mass is 229 g/mol. The highest BCUT2D eigenvalue weighted by atomic mass is 32.2. The molecule has 2 aliphatic rings. The van der Waals surface area contributed by atoms with Crippen LogP contribution in [-0.2, 0) is 4.79 Å². The van der Waals surface area contributed by atoms with Crippen LogP contribution in [0.25, 0.3) is 0 Å². The van der Waals surface area contributed by atoms with Crippen LogP contribution < -0.4 is 0 Å². The van der Waals surface area contributed by atoms with Crippen LogP contribution in [0.15, 0.2) is 0 Å². The average Bonchev–Trinajstić information content (AvgIpc) is 2.66. The zero-order valence-corrected chi connectivity index (χ0v) is 9.39. The lowest BCUT2D eigenvalue weighted by Crippen LogP contribution is -2.55. The first kappa shape index (κ1) is 10.8. The Kier molecular flexibility index (Phi) is 2.91. The highest BCUT2D eigenvalue weighted by Gasteiger charge is 2.48. The third-order valence-electron chi connectivity index (χ3n) is 3.36. The van der Waals surface area contributed by atoms with E-state index in [2.05, 4.69) is 0 Å². The van der Waals surface area contributed by atoms with Crippen molar-refractivity contribution in [3.05, 3.63) is 0 Å². The van der Waals surface area contributed by atoms with Crippen molar-refractivity contribution in [2.75, 3.05) is 12.3 Å². The molecular formula is C10H15NO3S. The lowest BCUT2D eigenvalue weighted by Gasteiger charge is -2.40. The fourth-order valence-corrected chi connectivity index (χ4v) is 3.39. The molecule has 1 amide bonds. The van der Waals surface area contributed by atoms with Gasteiger partial charge in [0.2, 0.25) is 0 Å². The Morgan fingerprint density at radius 1 is 1.33 bits per heavy atom. The Hall–Kier alpha value is -0.710. The van der Waals surface area contributed by atoms with Gasteiger partial charge in [0.1, 0.15) is 5.54 Å². The van der Waals surface area contributed by atoms with Gasteiger partial charge in [-0.1, -0.05) is 31.0 Å². The molecule has 0 spiro atoms. The Morgan fingerprint density at radius 2 is 2.00 bits per heavy atom. The van der Waals surface area contributed by atoms with Gasteiger partial charge in [0.25, 0.3) is 5.24 Å². The van der Waals surface area contributed by atoms with Crippen molar-refractivity contribution in [2.45, 2.75) is 37.6 Å². The van der Waals surface area contributed by atoms with E-state index in [4.69, 9.17) is 0 Å². The first-order chi connectivity index (χ1) is 7.17. The number of carboxylic acid groups (broad SMARTS) is 1. The van der Waals surface area contributed by atoms with Crippen LogP contribution in [0.2, 0.25) is 0 Å². The summed E-state index contributed by atoms with van der Waals surface area (Å²) in [6, 6.07) is 0. The van der Waals surface area contributed by atoms with Gasteiger partial charge >= 0.3 is 5.97 Å². The van der Waals surface area contributed by atoms with Crippen molar-refractivity contribution in [2.24, 2.45) is 0 Å². The fourth-order valence-electron chi connectivity index (χ4n) is 2.52. The molecule has 0 aromatic carbocycles. The molecule has 5 heteroatoms. The van der Waals surface area contributed by atoms with E-state index in [0.717, 1.165) is 25.0 Å². The topological polar surface area (TPSA) is 57.6 Å². The smallest absolute Gasteiger partial charge is 0.329 e. The normalized spacial score (nSPS) is 25.6. The molecule has 0 bridgehead atoms. The minimum atomic E-state index is -0.890. The maximum absolute atomic E-state index is 11.6. The Morgan fingerprint density at radius 3 is 2.47 bits per heavy atom. The number of nitrogens with zero attached hydrogens (tertiary/aromatic N) is 1. The molecule has 1 saturated carbocycles. The van der Waals surface area contributed by atoms with Gasteiger partial charge in [-0.05, 0) is 12.8 Å². The van der Waals surface area contributed by atoms with Crippen molar-refractivity contribution < 1.29 is 14.7 Å². The standard InChI is InChI=1S/C10H15NO3S/c12-8(13)10(4-2-1-3-5-10)11-6-7-15-9(11)14/h1-7H2,(H,12,13). The van der Waals surface area contributed by atoms with E-state index in [0.29, 0.717) is 19.4 Å². The first-order valence-corrected chi connectivity index (χ1v) is 6.33. The summed E-state index contributed by atoms with van der Waals surface area (Å²) in [5.74, 6) is -0.0912. The molecule has 0 aromatic rings. The van der Waals surface area contributed by atoms with E-state index in [1.54, 1.807) is 4.90 Å². The summed E-state index contributed by atoms with van der Waals surface area (Å²) in [4.78, 5) is 24.6. The largest absolute Gasteiger partial charge is 0.479 e. The van der Waals surface area contributed by atoms with Crippen LogP contribution in [0.1, 0.15) is 32.1 Å². The number of aliphatic carboxylic acids is 1. The molecule has 0 aromatic heterocycles. The van der Waals surface area contributed by atoms with E-state index in [-0.39, 0.29) is 5.24 Å². The molecule has 1 N–H and O–H groups in total. The minimum absolute atomic E-state index is 0.0562. The second kappa shape index (κ2) is 4.04. The Balaban J connectivity index is 2.24. The Labute approximate surface area is 93.0 Å². The zero-order valence-electron chi connectivity index (χ0n) is 8.57. The predicted molar refractivity (Wildman–Crippen MR) is 58.0 cm³/mol. The highest BCUT2D eigenvalue weighted by molar-refractivity contribution is 8.13. The van der Waals surface area contributed by atoms with Crippen LogP contribution in [-0.4, -0.2) is 39.1 Å². The molecule has 2 fully saturated rings. The lowest BCUT2D eigenvalue weighted by molar-refractivity contribution is -0.151. The second-order valence-corrected chi connectivity index (χ2v) is 5.21. The third kappa shape index (κ3) is 1.73. The number of hydrogen-bond acceptors (Lipinski definition) is 3. The van der Waals surface area contributed by atoms with Gasteiger partial charge in [0, 0.05) is 12.3 Å². The predicted octanol–water partition coefficient (Wildman–Crippen LogP) is 1.94. The maximum Gasteiger partial charge on any atom is 0.329 e. The van der Waals surface area contributed by atoms with Crippen molar-refractivity contribution in [1.82, 2.24) is 4.90 Å². The minimum Gasteiger partial charge on any atom is -0.479 e. The van der Waals surface area contributed by atoms with Gasteiger partial charge in [-0.3, -0.25) is 4.79 Å². The summed E-state index contributed by atoms with van der Waals surface area (Å²) < 4.78 is 0. The molecule has 1 aliphatic heterocycles. The third-order valence-corrected chi connectivity index (χ3v) is 4.21. The number of rotatable bonds is 2. The lowest BCUT2D eigenvalue weighted by atomic mass is 9.80. The van der Waals surface area contributed by atoms with Crippen LogP contribution >= 0.6 is 11.8 Å². The molecular weight excluding hydrogens is 214 g/mol. The van der Waals surface area contributed by atoms with Crippen LogP contribution in [0.4, 0.5) is 4.79 Å².